The molecule has 1 amide bonds. The second-order valence-electron chi connectivity index (χ2n) is 9.67. The van der Waals surface area contributed by atoms with Crippen molar-refractivity contribution >= 4 is 23.7 Å². The molecule has 1 aromatic carbocycles. The summed E-state index contributed by atoms with van der Waals surface area (Å²) in [5.41, 5.74) is 4.41. The van der Waals surface area contributed by atoms with E-state index in [1.807, 2.05) is 50.3 Å². The lowest BCUT2D eigenvalue weighted by molar-refractivity contribution is -0.143. The van der Waals surface area contributed by atoms with Crippen molar-refractivity contribution in [1.29, 1.82) is 0 Å². The molecule has 3 atom stereocenters. The van der Waals surface area contributed by atoms with Crippen molar-refractivity contribution in [2.24, 2.45) is 11.8 Å². The molecule has 0 aliphatic heterocycles. The van der Waals surface area contributed by atoms with E-state index in [-0.39, 0.29) is 5.92 Å². The number of allylic oxidation sites excluding steroid dienone is 5. The van der Waals surface area contributed by atoms with Gasteiger partial charge in [0.2, 0.25) is 0 Å². The summed E-state index contributed by atoms with van der Waals surface area (Å²) in [6.45, 7) is 17.7. The molecule has 0 radical (unpaired) electrons. The molecule has 208 valence electrons. The van der Waals surface area contributed by atoms with Crippen molar-refractivity contribution in [3.8, 4) is 0 Å². The SMILES string of the molecule is C=C(C)/C(NC(=O)OC(C)c1ccccc1Cl)=C(\NC)C(=C)/C=C\C(C)=C/C.C[C@H]1CCCC(C(=O)O)C1. The number of rotatable bonds is 9. The molecule has 1 aliphatic carbocycles. The normalized spacial score (nSPS) is 18.9. The van der Waals surface area contributed by atoms with Gasteiger partial charge in [0.1, 0.15) is 6.10 Å². The number of likely N-dealkylation sites (N-methyl/N-ethyl adjacent to an activating group) is 1. The summed E-state index contributed by atoms with van der Waals surface area (Å²) in [6, 6.07) is 7.26. The summed E-state index contributed by atoms with van der Waals surface area (Å²) in [5.74, 6) is -0.0369. The second kappa shape index (κ2) is 16.6. The lowest BCUT2D eigenvalue weighted by Crippen LogP contribution is -2.29. The number of carbonyl (C=O) groups is 2. The van der Waals surface area contributed by atoms with Crippen molar-refractivity contribution in [2.75, 3.05) is 7.05 Å². The summed E-state index contributed by atoms with van der Waals surface area (Å²) in [7, 11) is 1.76. The molecular weight excluding hydrogens is 500 g/mol. The van der Waals surface area contributed by atoms with Gasteiger partial charge in [0, 0.05) is 17.6 Å². The molecule has 2 rings (SSSR count). The Morgan fingerprint density at radius 3 is 2.32 bits per heavy atom. The first-order valence-corrected chi connectivity index (χ1v) is 13.3. The van der Waals surface area contributed by atoms with Crippen LogP contribution in [0.4, 0.5) is 4.79 Å². The average molecular weight is 543 g/mol. The molecule has 2 unspecified atom stereocenters. The van der Waals surface area contributed by atoms with Crippen LogP contribution in [0.2, 0.25) is 5.02 Å². The van der Waals surface area contributed by atoms with E-state index in [2.05, 4.69) is 30.7 Å². The van der Waals surface area contributed by atoms with Crippen molar-refractivity contribution in [3.63, 3.8) is 0 Å². The Bertz CT molecular complexity index is 1090. The zero-order valence-electron chi connectivity index (χ0n) is 23.6. The van der Waals surface area contributed by atoms with Gasteiger partial charge in [-0.3, -0.25) is 10.1 Å². The monoisotopic (exact) mass is 542 g/mol. The van der Waals surface area contributed by atoms with Crippen molar-refractivity contribution in [1.82, 2.24) is 10.6 Å². The van der Waals surface area contributed by atoms with Gasteiger partial charge in [0.15, 0.2) is 0 Å². The van der Waals surface area contributed by atoms with Gasteiger partial charge >= 0.3 is 12.1 Å². The van der Waals surface area contributed by atoms with E-state index in [9.17, 15) is 9.59 Å². The number of hydrogen-bond acceptors (Lipinski definition) is 4. The van der Waals surface area contributed by atoms with Crippen LogP contribution in [0.3, 0.4) is 0 Å². The third kappa shape index (κ3) is 11.0. The molecule has 1 aliphatic rings. The Hall–Kier alpha value is -3.25. The van der Waals surface area contributed by atoms with Gasteiger partial charge in [-0.15, -0.1) is 0 Å². The highest BCUT2D eigenvalue weighted by Gasteiger charge is 2.24. The number of nitrogens with one attached hydrogen (secondary N) is 2. The van der Waals surface area contributed by atoms with Crippen molar-refractivity contribution < 1.29 is 19.4 Å². The Morgan fingerprint density at radius 1 is 1.16 bits per heavy atom. The Kier molecular flexibility index (Phi) is 14.3. The maximum Gasteiger partial charge on any atom is 0.412 e. The molecular formula is C31H43ClN2O4. The van der Waals surface area contributed by atoms with E-state index in [1.54, 1.807) is 27.0 Å². The summed E-state index contributed by atoms with van der Waals surface area (Å²) in [4.78, 5) is 23.0. The van der Waals surface area contributed by atoms with Gasteiger partial charge in [0.05, 0.1) is 17.3 Å². The molecule has 1 saturated carbocycles. The van der Waals surface area contributed by atoms with Crippen LogP contribution >= 0.6 is 11.6 Å². The van der Waals surface area contributed by atoms with Crippen LogP contribution in [0.5, 0.6) is 0 Å². The fourth-order valence-corrected chi connectivity index (χ4v) is 4.35. The summed E-state index contributed by atoms with van der Waals surface area (Å²) >= 11 is 6.18. The third-order valence-corrected chi connectivity index (χ3v) is 6.73. The van der Waals surface area contributed by atoms with Crippen LogP contribution in [0.15, 0.2) is 83.8 Å². The first-order chi connectivity index (χ1) is 17.9. The Labute approximate surface area is 233 Å². The van der Waals surface area contributed by atoms with Crippen LogP contribution in [-0.4, -0.2) is 24.2 Å². The molecule has 0 aromatic heterocycles. The molecule has 38 heavy (non-hydrogen) atoms. The lowest BCUT2D eigenvalue weighted by Gasteiger charge is -2.22. The van der Waals surface area contributed by atoms with Gasteiger partial charge in [-0.05, 0) is 63.7 Å². The first kappa shape index (κ1) is 32.8. The highest BCUT2D eigenvalue weighted by Crippen LogP contribution is 2.28. The van der Waals surface area contributed by atoms with Gasteiger partial charge < -0.3 is 15.2 Å². The standard InChI is InChI=1S/C23H29ClN2O2.C8H14O2/c1-8-16(4)13-14-17(5)22(25-7)21(15(2)3)26-23(27)28-18(6)19-11-9-10-12-20(19)24;1-6-3-2-4-7(5-6)8(9)10/h8-14,18,25H,2,5H2,1,3-4,6-7H3,(H,26,27);6-7H,2-5H2,1H3,(H,9,10)/b14-13-,16-8-,22-21+;/t;6-,7?/m.0/s1. The second-order valence-corrected chi connectivity index (χ2v) is 10.1. The van der Waals surface area contributed by atoms with Gasteiger partial charge in [-0.25, -0.2) is 4.79 Å². The first-order valence-electron chi connectivity index (χ1n) is 12.9. The predicted molar refractivity (Wildman–Crippen MR) is 157 cm³/mol. The third-order valence-electron chi connectivity index (χ3n) is 6.39. The minimum absolute atomic E-state index is 0.0521. The number of aliphatic carboxylic acids is 1. The zero-order chi connectivity index (χ0) is 28.8. The van der Waals surface area contributed by atoms with E-state index in [0.717, 1.165) is 30.4 Å². The lowest BCUT2D eigenvalue weighted by atomic mass is 9.83. The van der Waals surface area contributed by atoms with Crippen LogP contribution in [0.25, 0.3) is 0 Å². The van der Waals surface area contributed by atoms with Gasteiger partial charge in [-0.1, -0.05) is 86.5 Å². The average Bonchev–Trinajstić information content (AvgIpc) is 2.87. The van der Waals surface area contributed by atoms with Crippen LogP contribution in [0.1, 0.15) is 72.0 Å². The van der Waals surface area contributed by atoms with Gasteiger partial charge in [0.25, 0.3) is 0 Å². The maximum absolute atomic E-state index is 12.5. The number of carbonyl (C=O) groups excluding carboxylic acids is 1. The van der Waals surface area contributed by atoms with E-state index >= 15 is 0 Å². The molecule has 0 saturated heterocycles. The fraction of sp³-hybridized carbons (Fsp3) is 0.419. The quantitative estimate of drug-likeness (QED) is 0.274. The summed E-state index contributed by atoms with van der Waals surface area (Å²) in [5, 5.41) is 15.1. The molecule has 0 bridgehead atoms. The van der Waals surface area contributed by atoms with Crippen LogP contribution in [0, 0.1) is 11.8 Å². The van der Waals surface area contributed by atoms with E-state index in [4.69, 9.17) is 21.4 Å². The van der Waals surface area contributed by atoms with Crippen molar-refractivity contribution in [3.05, 3.63) is 94.4 Å². The maximum atomic E-state index is 12.5. The number of carboxylic acid groups (broad SMARTS) is 1. The molecule has 3 N–H and O–H groups in total. The number of benzene rings is 1. The summed E-state index contributed by atoms with van der Waals surface area (Å²) < 4.78 is 5.49. The predicted octanol–water partition coefficient (Wildman–Crippen LogP) is 8.11. The Morgan fingerprint density at radius 2 is 1.82 bits per heavy atom. The van der Waals surface area contributed by atoms with E-state index in [0.29, 0.717) is 33.5 Å². The van der Waals surface area contributed by atoms with Crippen LogP contribution < -0.4 is 10.6 Å². The van der Waals surface area contributed by atoms with Gasteiger partial charge in [-0.2, -0.15) is 0 Å². The Balaban J connectivity index is 0.000000600. The highest BCUT2D eigenvalue weighted by molar-refractivity contribution is 6.31. The number of ether oxygens (including phenoxy) is 1. The molecule has 0 spiro atoms. The number of alkyl carbamates (subject to hydrolysis) is 1. The van der Waals surface area contributed by atoms with E-state index in [1.165, 1.54) is 6.42 Å². The number of amides is 1. The molecule has 1 aromatic rings. The number of halogens is 1. The molecule has 6 nitrogen and oxygen atoms in total. The topological polar surface area (TPSA) is 87.7 Å². The fourth-order valence-electron chi connectivity index (χ4n) is 4.06. The molecule has 0 heterocycles. The largest absolute Gasteiger partial charge is 0.481 e. The van der Waals surface area contributed by atoms with Crippen LogP contribution in [-0.2, 0) is 9.53 Å². The number of carboxylic acids is 1. The van der Waals surface area contributed by atoms with E-state index < -0.39 is 18.2 Å². The number of hydrogen-bond donors (Lipinski definition) is 3. The van der Waals surface area contributed by atoms with Crippen molar-refractivity contribution in [2.45, 2.75) is 66.4 Å². The minimum Gasteiger partial charge on any atom is -0.481 e. The molecule has 7 heteroatoms. The summed E-state index contributed by atoms with van der Waals surface area (Å²) in [6.07, 6.45) is 8.81. The molecule has 1 fully saturated rings. The smallest absolute Gasteiger partial charge is 0.412 e. The minimum atomic E-state index is -0.605. The zero-order valence-corrected chi connectivity index (χ0v) is 24.3. The highest BCUT2D eigenvalue weighted by atomic mass is 35.5.